The predicted molar refractivity (Wildman–Crippen MR) is 115 cm³/mol. The van der Waals surface area contributed by atoms with E-state index in [1.54, 1.807) is 44.7 Å². The Kier molecular flexibility index (Phi) is 6.68. The maximum atomic E-state index is 12.6. The monoisotopic (exact) mass is 391 g/mol. The molecule has 1 aromatic heterocycles. The van der Waals surface area contributed by atoms with Gasteiger partial charge in [-0.25, -0.2) is 4.98 Å². The zero-order valence-electron chi connectivity index (χ0n) is 16.9. The molecule has 1 amide bonds. The van der Waals surface area contributed by atoms with E-state index in [1.165, 1.54) is 5.56 Å². The molecule has 0 bridgehead atoms. The third-order valence-corrected chi connectivity index (χ3v) is 4.59. The van der Waals surface area contributed by atoms with E-state index in [4.69, 9.17) is 9.47 Å². The number of hydrogen-bond donors (Lipinski definition) is 1. The van der Waals surface area contributed by atoms with Crippen molar-refractivity contribution < 1.29 is 14.3 Å². The van der Waals surface area contributed by atoms with Crippen molar-refractivity contribution >= 4 is 17.3 Å². The van der Waals surface area contributed by atoms with E-state index in [9.17, 15) is 4.79 Å². The number of anilines is 2. The third kappa shape index (κ3) is 5.04. The maximum Gasteiger partial charge on any atom is 0.274 e. The van der Waals surface area contributed by atoms with Crippen LogP contribution in [0, 0.1) is 0 Å². The first-order chi connectivity index (χ1) is 14.1. The van der Waals surface area contributed by atoms with Crippen molar-refractivity contribution in [2.45, 2.75) is 13.5 Å². The van der Waals surface area contributed by atoms with E-state index in [2.05, 4.69) is 34.3 Å². The van der Waals surface area contributed by atoms with E-state index in [1.807, 2.05) is 24.3 Å². The summed E-state index contributed by atoms with van der Waals surface area (Å²) in [5.74, 6) is 0.869. The largest absolute Gasteiger partial charge is 0.493 e. The van der Waals surface area contributed by atoms with Gasteiger partial charge >= 0.3 is 0 Å². The average molecular weight is 391 g/mol. The van der Waals surface area contributed by atoms with Crippen LogP contribution in [0.1, 0.15) is 23.0 Å². The van der Waals surface area contributed by atoms with E-state index < -0.39 is 0 Å². The van der Waals surface area contributed by atoms with Gasteiger partial charge in [-0.1, -0.05) is 30.3 Å². The number of amides is 1. The number of carbonyl (C=O) groups excluding carboxylic acids is 1. The van der Waals surface area contributed by atoms with Crippen LogP contribution < -0.4 is 19.7 Å². The highest BCUT2D eigenvalue weighted by Crippen LogP contribution is 2.30. The Balaban J connectivity index is 1.69. The number of benzene rings is 2. The van der Waals surface area contributed by atoms with Gasteiger partial charge in [-0.15, -0.1) is 0 Å². The molecule has 0 aliphatic carbocycles. The summed E-state index contributed by atoms with van der Waals surface area (Å²) in [6.07, 6.45) is 1.73. The van der Waals surface area contributed by atoms with Crippen molar-refractivity contribution in [3.8, 4) is 11.5 Å². The molecule has 0 aliphatic rings. The summed E-state index contributed by atoms with van der Waals surface area (Å²) in [6.45, 7) is 3.73. The molecule has 2 aromatic carbocycles. The highest BCUT2D eigenvalue weighted by atomic mass is 16.5. The van der Waals surface area contributed by atoms with Crippen LogP contribution in [0.5, 0.6) is 11.5 Å². The molecular weight excluding hydrogens is 366 g/mol. The minimum atomic E-state index is -0.283. The zero-order valence-corrected chi connectivity index (χ0v) is 16.9. The molecule has 6 nitrogen and oxygen atoms in total. The van der Waals surface area contributed by atoms with Crippen molar-refractivity contribution in [3.05, 3.63) is 78.1 Å². The lowest BCUT2D eigenvalue weighted by Gasteiger charge is -2.23. The summed E-state index contributed by atoms with van der Waals surface area (Å²) in [4.78, 5) is 19.1. The second-order valence-corrected chi connectivity index (χ2v) is 6.43. The summed E-state index contributed by atoms with van der Waals surface area (Å²) in [5, 5.41) is 2.84. The molecule has 1 heterocycles. The normalized spacial score (nSPS) is 10.3. The van der Waals surface area contributed by atoms with E-state index >= 15 is 0 Å². The Labute approximate surface area is 171 Å². The number of hydrogen-bond acceptors (Lipinski definition) is 5. The molecule has 6 heteroatoms. The van der Waals surface area contributed by atoms with Gasteiger partial charge in [0, 0.05) is 24.8 Å². The van der Waals surface area contributed by atoms with Gasteiger partial charge < -0.3 is 19.7 Å². The molecule has 0 saturated heterocycles. The standard InChI is InChI=1S/C23H25N3O3/c1-4-26(16-17-8-6-5-7-9-17)19-11-12-20(24-15-19)23(27)25-18-10-13-21(28-2)22(14-18)29-3/h5-15H,4,16H2,1-3H3,(H,25,27). The topological polar surface area (TPSA) is 63.7 Å². The first kappa shape index (κ1) is 20.2. The van der Waals surface area contributed by atoms with Crippen molar-refractivity contribution in [2.24, 2.45) is 0 Å². The lowest BCUT2D eigenvalue weighted by molar-refractivity contribution is 0.102. The van der Waals surface area contributed by atoms with Crippen LogP contribution in [-0.2, 0) is 6.54 Å². The minimum Gasteiger partial charge on any atom is -0.493 e. The second-order valence-electron chi connectivity index (χ2n) is 6.43. The highest BCUT2D eigenvalue weighted by molar-refractivity contribution is 6.03. The van der Waals surface area contributed by atoms with Gasteiger partial charge in [-0.05, 0) is 36.8 Å². The predicted octanol–water partition coefficient (Wildman–Crippen LogP) is 4.38. The van der Waals surface area contributed by atoms with E-state index in [-0.39, 0.29) is 5.91 Å². The Bertz CT molecular complexity index is 943. The Hall–Kier alpha value is -3.54. The number of ether oxygens (including phenoxy) is 2. The van der Waals surface area contributed by atoms with Crippen LogP contribution in [0.2, 0.25) is 0 Å². The maximum absolute atomic E-state index is 12.6. The summed E-state index contributed by atoms with van der Waals surface area (Å²) >= 11 is 0. The van der Waals surface area contributed by atoms with E-state index in [0.717, 1.165) is 18.8 Å². The molecule has 0 unspecified atom stereocenters. The summed E-state index contributed by atoms with van der Waals surface area (Å²) in [6, 6.07) is 19.1. The first-order valence-corrected chi connectivity index (χ1v) is 9.43. The molecule has 150 valence electrons. The van der Waals surface area contributed by atoms with Gasteiger partial charge in [0.25, 0.3) is 5.91 Å². The number of methoxy groups -OCH3 is 2. The number of aromatic nitrogens is 1. The fourth-order valence-corrected chi connectivity index (χ4v) is 3.01. The smallest absolute Gasteiger partial charge is 0.274 e. The molecule has 0 atom stereocenters. The van der Waals surface area contributed by atoms with Crippen molar-refractivity contribution in [3.63, 3.8) is 0 Å². The van der Waals surface area contributed by atoms with Crippen LogP contribution in [0.4, 0.5) is 11.4 Å². The molecule has 0 fully saturated rings. The average Bonchev–Trinajstić information content (AvgIpc) is 2.78. The molecule has 0 radical (unpaired) electrons. The Morgan fingerprint density at radius 3 is 2.38 bits per heavy atom. The van der Waals surface area contributed by atoms with Crippen LogP contribution >= 0.6 is 0 Å². The molecule has 1 N–H and O–H groups in total. The van der Waals surface area contributed by atoms with Gasteiger partial charge in [-0.3, -0.25) is 4.79 Å². The molecule has 3 aromatic rings. The number of nitrogens with one attached hydrogen (secondary N) is 1. The summed E-state index contributed by atoms with van der Waals surface area (Å²) < 4.78 is 10.5. The molecule has 3 rings (SSSR count). The molecule has 0 saturated carbocycles. The van der Waals surface area contributed by atoms with Crippen LogP contribution in [0.3, 0.4) is 0 Å². The first-order valence-electron chi connectivity index (χ1n) is 9.43. The van der Waals surface area contributed by atoms with Gasteiger partial charge in [0.15, 0.2) is 11.5 Å². The Morgan fingerprint density at radius 2 is 1.76 bits per heavy atom. The van der Waals surface area contributed by atoms with Crippen LogP contribution in [0.15, 0.2) is 66.9 Å². The fraction of sp³-hybridized carbons (Fsp3) is 0.217. The Morgan fingerprint density at radius 1 is 1.00 bits per heavy atom. The SMILES string of the molecule is CCN(Cc1ccccc1)c1ccc(C(=O)Nc2ccc(OC)c(OC)c2)nc1. The number of pyridine rings is 1. The van der Waals surface area contributed by atoms with Gasteiger partial charge in [-0.2, -0.15) is 0 Å². The highest BCUT2D eigenvalue weighted by Gasteiger charge is 2.12. The lowest BCUT2D eigenvalue weighted by atomic mass is 10.2. The third-order valence-electron chi connectivity index (χ3n) is 4.59. The summed E-state index contributed by atoms with van der Waals surface area (Å²) in [7, 11) is 3.12. The number of carbonyl (C=O) groups is 1. The molecular formula is C23H25N3O3. The number of rotatable bonds is 8. The zero-order chi connectivity index (χ0) is 20.6. The quantitative estimate of drug-likeness (QED) is 0.617. The van der Waals surface area contributed by atoms with Crippen molar-refractivity contribution in [1.82, 2.24) is 4.98 Å². The van der Waals surface area contributed by atoms with Gasteiger partial charge in [0.2, 0.25) is 0 Å². The van der Waals surface area contributed by atoms with Crippen molar-refractivity contribution in [2.75, 3.05) is 31.0 Å². The molecule has 0 spiro atoms. The van der Waals surface area contributed by atoms with Gasteiger partial charge in [0.05, 0.1) is 26.1 Å². The molecule has 29 heavy (non-hydrogen) atoms. The van der Waals surface area contributed by atoms with Gasteiger partial charge in [0.1, 0.15) is 5.69 Å². The van der Waals surface area contributed by atoms with Crippen molar-refractivity contribution in [1.29, 1.82) is 0 Å². The number of nitrogens with zero attached hydrogens (tertiary/aromatic N) is 2. The van der Waals surface area contributed by atoms with Crippen LogP contribution in [0.25, 0.3) is 0 Å². The van der Waals surface area contributed by atoms with E-state index in [0.29, 0.717) is 22.9 Å². The minimum absolute atomic E-state index is 0.283. The lowest BCUT2D eigenvalue weighted by Crippen LogP contribution is -2.22. The van der Waals surface area contributed by atoms with Crippen LogP contribution in [-0.4, -0.2) is 31.7 Å². The molecule has 0 aliphatic heterocycles. The second kappa shape index (κ2) is 9.59. The summed E-state index contributed by atoms with van der Waals surface area (Å²) in [5.41, 5.74) is 3.15. The fourth-order valence-electron chi connectivity index (χ4n) is 3.01.